The number of hydrogen-bond donors (Lipinski definition) is 1. The predicted molar refractivity (Wildman–Crippen MR) is 77.1 cm³/mol. The Kier molecular flexibility index (Phi) is 5.15. The molecule has 4 nitrogen and oxygen atoms in total. The summed E-state index contributed by atoms with van der Waals surface area (Å²) in [6.45, 7) is 0.768. The van der Waals surface area contributed by atoms with E-state index in [-0.39, 0.29) is 17.5 Å². The summed E-state index contributed by atoms with van der Waals surface area (Å²) >= 11 is 0. The molecule has 0 amide bonds. The first-order valence-electron chi connectivity index (χ1n) is 7.15. The summed E-state index contributed by atoms with van der Waals surface area (Å²) in [5.74, 6) is -0.0935. The first-order chi connectivity index (χ1) is 10.1. The first-order valence-corrected chi connectivity index (χ1v) is 7.15. The van der Waals surface area contributed by atoms with Crippen molar-refractivity contribution in [2.75, 3.05) is 19.0 Å². The average Bonchev–Trinajstić information content (AvgIpc) is 2.53. The number of nitrogens with zero attached hydrogens (tertiary/aromatic N) is 1. The maximum absolute atomic E-state index is 13.2. The highest BCUT2D eigenvalue weighted by Gasteiger charge is 2.26. The molecule has 1 saturated carbocycles. The number of ether oxygens (including phenoxy) is 1. The predicted octanol–water partition coefficient (Wildman–Crippen LogP) is 3.09. The minimum Gasteiger partial charge on any atom is -0.469 e. The maximum atomic E-state index is 13.2. The number of nitrogens with one attached hydrogen (secondary N) is 1. The van der Waals surface area contributed by atoms with Gasteiger partial charge in [0.05, 0.1) is 18.6 Å². The molecule has 1 aromatic rings. The van der Waals surface area contributed by atoms with Gasteiger partial charge in [0, 0.05) is 12.2 Å². The zero-order chi connectivity index (χ0) is 15.2. The molecule has 0 aromatic heterocycles. The van der Waals surface area contributed by atoms with Crippen molar-refractivity contribution in [3.05, 3.63) is 29.6 Å². The molecule has 0 bridgehead atoms. The number of benzene rings is 1. The van der Waals surface area contributed by atoms with Gasteiger partial charge in [0.25, 0.3) is 0 Å². The standard InChI is InChI=1S/C16H19FN2O2/c1-21-16(20)12-4-2-11(3-5-12)10-19-14-6-7-15(17)13(8-14)9-18/h6-8,11-12,19H,2-5,10H2,1H3/t11-,12-. The lowest BCUT2D eigenvalue weighted by Crippen LogP contribution is -2.26. The molecule has 5 heteroatoms. The third-order valence-electron chi connectivity index (χ3n) is 4.06. The highest BCUT2D eigenvalue weighted by molar-refractivity contribution is 5.72. The lowest BCUT2D eigenvalue weighted by molar-refractivity contribution is -0.146. The Morgan fingerprint density at radius 1 is 1.43 bits per heavy atom. The second-order valence-electron chi connectivity index (χ2n) is 5.43. The molecule has 112 valence electrons. The lowest BCUT2D eigenvalue weighted by atomic mass is 9.82. The molecule has 0 aliphatic heterocycles. The van der Waals surface area contributed by atoms with Gasteiger partial charge in [-0.25, -0.2) is 4.39 Å². The van der Waals surface area contributed by atoms with Gasteiger partial charge in [-0.05, 0) is 49.8 Å². The van der Waals surface area contributed by atoms with E-state index in [0.29, 0.717) is 5.92 Å². The summed E-state index contributed by atoms with van der Waals surface area (Å²) in [5, 5.41) is 12.0. The second-order valence-corrected chi connectivity index (χ2v) is 5.43. The van der Waals surface area contributed by atoms with Crippen LogP contribution in [0.1, 0.15) is 31.2 Å². The number of esters is 1. The van der Waals surface area contributed by atoms with Gasteiger partial charge in [-0.15, -0.1) is 0 Å². The summed E-state index contributed by atoms with van der Waals surface area (Å²) in [7, 11) is 1.43. The Morgan fingerprint density at radius 2 is 2.14 bits per heavy atom. The van der Waals surface area contributed by atoms with Crippen molar-refractivity contribution in [2.24, 2.45) is 11.8 Å². The van der Waals surface area contributed by atoms with Crippen molar-refractivity contribution in [3.63, 3.8) is 0 Å². The topological polar surface area (TPSA) is 62.1 Å². The first kappa shape index (κ1) is 15.3. The van der Waals surface area contributed by atoms with Crippen LogP contribution in [0.3, 0.4) is 0 Å². The molecule has 0 spiro atoms. The Hall–Kier alpha value is -2.09. The maximum Gasteiger partial charge on any atom is 0.308 e. The fourth-order valence-corrected chi connectivity index (χ4v) is 2.75. The summed E-state index contributed by atoms with van der Waals surface area (Å²) in [6.07, 6.45) is 3.65. The minimum atomic E-state index is -0.498. The van der Waals surface area contributed by atoms with E-state index < -0.39 is 5.82 Å². The fourth-order valence-electron chi connectivity index (χ4n) is 2.75. The largest absolute Gasteiger partial charge is 0.469 e. The van der Waals surface area contributed by atoms with E-state index >= 15 is 0 Å². The average molecular weight is 290 g/mol. The summed E-state index contributed by atoms with van der Waals surface area (Å²) < 4.78 is 18.0. The van der Waals surface area contributed by atoms with Gasteiger partial charge in [0.2, 0.25) is 0 Å². The van der Waals surface area contributed by atoms with Crippen LogP contribution in [0, 0.1) is 29.0 Å². The summed E-state index contributed by atoms with van der Waals surface area (Å²) in [5.41, 5.74) is 0.803. The van der Waals surface area contributed by atoms with Gasteiger partial charge in [-0.2, -0.15) is 5.26 Å². The molecule has 0 saturated heterocycles. The molecule has 1 N–H and O–H groups in total. The van der Waals surface area contributed by atoms with E-state index in [2.05, 4.69) is 5.32 Å². The molecule has 1 aliphatic rings. The SMILES string of the molecule is COC(=O)[C@H]1CC[C@H](CNc2ccc(F)c(C#N)c2)CC1. The molecule has 1 aromatic carbocycles. The van der Waals surface area contributed by atoms with Crippen LogP contribution in [0.15, 0.2) is 18.2 Å². The Bertz CT molecular complexity index is 546. The molecule has 21 heavy (non-hydrogen) atoms. The van der Waals surface area contributed by atoms with E-state index in [1.54, 1.807) is 6.07 Å². The monoisotopic (exact) mass is 290 g/mol. The van der Waals surface area contributed by atoms with E-state index in [1.807, 2.05) is 6.07 Å². The molecule has 1 fully saturated rings. The van der Waals surface area contributed by atoms with Crippen LogP contribution in [-0.4, -0.2) is 19.6 Å². The highest BCUT2D eigenvalue weighted by Crippen LogP contribution is 2.29. The van der Waals surface area contributed by atoms with Crippen molar-refractivity contribution in [2.45, 2.75) is 25.7 Å². The summed E-state index contributed by atoms with van der Waals surface area (Å²) in [6, 6.07) is 6.29. The second kappa shape index (κ2) is 7.07. The van der Waals surface area contributed by atoms with Crippen molar-refractivity contribution in [1.29, 1.82) is 5.26 Å². The summed E-state index contributed by atoms with van der Waals surface area (Å²) in [4.78, 5) is 11.5. The van der Waals surface area contributed by atoms with Crippen molar-refractivity contribution >= 4 is 11.7 Å². The van der Waals surface area contributed by atoms with Crippen LogP contribution >= 0.6 is 0 Å². The van der Waals surface area contributed by atoms with Crippen molar-refractivity contribution in [3.8, 4) is 6.07 Å². The number of halogens is 1. The Labute approximate surface area is 123 Å². The van der Waals surface area contributed by atoms with Crippen LogP contribution in [0.5, 0.6) is 0 Å². The number of carbonyl (C=O) groups excluding carboxylic acids is 1. The number of carbonyl (C=O) groups is 1. The van der Waals surface area contributed by atoms with Gasteiger partial charge in [-0.1, -0.05) is 0 Å². The fraction of sp³-hybridized carbons (Fsp3) is 0.500. The van der Waals surface area contributed by atoms with Crippen molar-refractivity contribution in [1.82, 2.24) is 0 Å². The van der Waals surface area contributed by atoms with Crippen LogP contribution in [0.2, 0.25) is 0 Å². The van der Waals surface area contributed by atoms with E-state index in [4.69, 9.17) is 10.00 Å². The molecule has 2 rings (SSSR count). The molecule has 0 radical (unpaired) electrons. The van der Waals surface area contributed by atoms with Crippen LogP contribution in [-0.2, 0) is 9.53 Å². The highest BCUT2D eigenvalue weighted by atomic mass is 19.1. The van der Waals surface area contributed by atoms with Crippen LogP contribution in [0.25, 0.3) is 0 Å². The number of nitriles is 1. The smallest absolute Gasteiger partial charge is 0.308 e. The van der Waals surface area contributed by atoms with Crippen molar-refractivity contribution < 1.29 is 13.9 Å². The van der Waals surface area contributed by atoms with Gasteiger partial charge in [0.1, 0.15) is 11.9 Å². The normalized spacial score (nSPS) is 21.4. The number of hydrogen-bond acceptors (Lipinski definition) is 4. The van der Waals surface area contributed by atoms with E-state index in [9.17, 15) is 9.18 Å². The third-order valence-corrected chi connectivity index (χ3v) is 4.06. The minimum absolute atomic E-state index is 0.0299. The number of anilines is 1. The molecule has 0 unspecified atom stereocenters. The number of methoxy groups -OCH3 is 1. The van der Waals surface area contributed by atoms with E-state index in [1.165, 1.54) is 19.2 Å². The van der Waals surface area contributed by atoms with Gasteiger partial charge in [-0.3, -0.25) is 4.79 Å². The number of rotatable bonds is 4. The molecule has 1 aliphatic carbocycles. The van der Waals surface area contributed by atoms with Crippen LogP contribution in [0.4, 0.5) is 10.1 Å². The third kappa shape index (κ3) is 3.94. The molecular weight excluding hydrogens is 271 g/mol. The zero-order valence-electron chi connectivity index (χ0n) is 12.1. The lowest BCUT2D eigenvalue weighted by Gasteiger charge is -2.27. The molecule has 0 atom stereocenters. The van der Waals surface area contributed by atoms with Gasteiger partial charge in [0.15, 0.2) is 0 Å². The Morgan fingerprint density at radius 3 is 2.76 bits per heavy atom. The zero-order valence-corrected chi connectivity index (χ0v) is 12.1. The Balaban J connectivity index is 1.82. The molecular formula is C16H19FN2O2. The van der Waals surface area contributed by atoms with Gasteiger partial charge < -0.3 is 10.1 Å². The van der Waals surface area contributed by atoms with Gasteiger partial charge >= 0.3 is 5.97 Å². The van der Waals surface area contributed by atoms with E-state index in [0.717, 1.165) is 37.9 Å². The van der Waals surface area contributed by atoms with Crippen LogP contribution < -0.4 is 5.32 Å². The quantitative estimate of drug-likeness (QED) is 0.866. The molecule has 0 heterocycles.